The molecule has 0 aliphatic heterocycles. The Hall–Kier alpha value is -1.94. The lowest BCUT2D eigenvalue weighted by Gasteiger charge is -2.12. The fourth-order valence-corrected chi connectivity index (χ4v) is 1.73. The highest BCUT2D eigenvalue weighted by Crippen LogP contribution is 2.14. The smallest absolute Gasteiger partial charge is 0.186 e. The molecule has 0 radical (unpaired) electrons. The molecule has 1 aromatic heterocycles. The highest BCUT2D eigenvalue weighted by atomic mass is 19.1. The molecule has 0 unspecified atom stereocenters. The van der Waals surface area contributed by atoms with Gasteiger partial charge in [0.15, 0.2) is 5.43 Å². The van der Waals surface area contributed by atoms with Crippen molar-refractivity contribution in [3.05, 3.63) is 63.8 Å². The Morgan fingerprint density at radius 3 is 2.71 bits per heavy atom. The first-order valence-corrected chi connectivity index (χ1v) is 5.30. The Morgan fingerprint density at radius 1 is 1.35 bits per heavy atom. The van der Waals surface area contributed by atoms with Crippen LogP contribution in [0, 0.1) is 12.7 Å². The first-order valence-electron chi connectivity index (χ1n) is 5.30. The van der Waals surface area contributed by atoms with Gasteiger partial charge in [-0.05, 0) is 19.1 Å². The maximum absolute atomic E-state index is 13.7. The normalized spacial score (nSPS) is 10.5. The fourth-order valence-electron chi connectivity index (χ4n) is 1.73. The van der Waals surface area contributed by atoms with Gasteiger partial charge in [-0.3, -0.25) is 4.79 Å². The van der Waals surface area contributed by atoms with Crippen molar-refractivity contribution in [1.82, 2.24) is 4.57 Å². The molecular weight excluding hydrogens is 219 g/mol. The maximum atomic E-state index is 13.7. The third-order valence-corrected chi connectivity index (χ3v) is 2.65. The number of aromatic nitrogens is 1. The Kier molecular flexibility index (Phi) is 3.06. The molecule has 4 heteroatoms. The van der Waals surface area contributed by atoms with E-state index in [2.05, 4.69) is 0 Å². The van der Waals surface area contributed by atoms with Crippen molar-refractivity contribution >= 4 is 0 Å². The number of benzene rings is 1. The van der Waals surface area contributed by atoms with Crippen molar-refractivity contribution < 1.29 is 4.39 Å². The summed E-state index contributed by atoms with van der Waals surface area (Å²) in [6.07, 6.45) is 1.59. The van der Waals surface area contributed by atoms with E-state index in [0.29, 0.717) is 16.9 Å². The first-order chi connectivity index (χ1) is 8.13. The van der Waals surface area contributed by atoms with Gasteiger partial charge < -0.3 is 10.3 Å². The van der Waals surface area contributed by atoms with Crippen LogP contribution in [0.1, 0.15) is 11.3 Å². The molecule has 3 nitrogen and oxygen atoms in total. The Morgan fingerprint density at radius 2 is 2.06 bits per heavy atom. The second kappa shape index (κ2) is 4.51. The predicted octanol–water partition coefficient (Wildman–Crippen LogP) is 1.74. The van der Waals surface area contributed by atoms with Crippen LogP contribution in [0.3, 0.4) is 0 Å². The van der Waals surface area contributed by atoms with Gasteiger partial charge in [-0.15, -0.1) is 0 Å². The summed E-state index contributed by atoms with van der Waals surface area (Å²) < 4.78 is 15.3. The average molecular weight is 232 g/mol. The topological polar surface area (TPSA) is 48.0 Å². The third-order valence-electron chi connectivity index (χ3n) is 2.65. The van der Waals surface area contributed by atoms with E-state index >= 15 is 0 Å². The van der Waals surface area contributed by atoms with Crippen LogP contribution in [0.5, 0.6) is 0 Å². The molecule has 0 bridgehead atoms. The molecule has 17 heavy (non-hydrogen) atoms. The number of hydrogen-bond acceptors (Lipinski definition) is 2. The van der Waals surface area contributed by atoms with Crippen molar-refractivity contribution in [3.8, 4) is 5.69 Å². The molecule has 1 heterocycles. The molecule has 88 valence electrons. The zero-order valence-electron chi connectivity index (χ0n) is 9.48. The van der Waals surface area contributed by atoms with Gasteiger partial charge in [0.2, 0.25) is 0 Å². The van der Waals surface area contributed by atoms with E-state index in [9.17, 15) is 9.18 Å². The summed E-state index contributed by atoms with van der Waals surface area (Å²) in [7, 11) is 0. The molecule has 0 atom stereocenters. The van der Waals surface area contributed by atoms with Gasteiger partial charge in [0.05, 0.1) is 5.69 Å². The van der Waals surface area contributed by atoms with Crippen LogP contribution >= 0.6 is 0 Å². The number of aryl methyl sites for hydroxylation is 1. The van der Waals surface area contributed by atoms with Gasteiger partial charge in [0, 0.05) is 30.1 Å². The van der Waals surface area contributed by atoms with Crippen molar-refractivity contribution in [3.63, 3.8) is 0 Å². The van der Waals surface area contributed by atoms with Gasteiger partial charge >= 0.3 is 0 Å². The molecule has 0 aliphatic carbocycles. The standard InChI is InChI=1S/C13H13FN2O/c1-9-6-13(17)10(7-15)8-16(9)12-5-3-2-4-11(12)14/h2-6,8H,7,15H2,1H3. The number of pyridine rings is 1. The molecule has 1 aromatic carbocycles. The molecule has 0 amide bonds. The van der Waals surface area contributed by atoms with E-state index < -0.39 is 0 Å². The first kappa shape index (κ1) is 11.5. The van der Waals surface area contributed by atoms with Crippen LogP contribution in [0.15, 0.2) is 41.3 Å². The Balaban J connectivity index is 2.68. The number of nitrogens with two attached hydrogens (primary N) is 1. The Bertz CT molecular complexity index is 605. The molecule has 2 aromatic rings. The average Bonchev–Trinajstić information content (AvgIpc) is 2.31. The van der Waals surface area contributed by atoms with Gasteiger partial charge in [0.25, 0.3) is 0 Å². The fraction of sp³-hybridized carbons (Fsp3) is 0.154. The van der Waals surface area contributed by atoms with Crippen LogP contribution in [0.25, 0.3) is 5.69 Å². The summed E-state index contributed by atoms with van der Waals surface area (Å²) in [5, 5.41) is 0. The summed E-state index contributed by atoms with van der Waals surface area (Å²) in [6.45, 7) is 1.90. The van der Waals surface area contributed by atoms with Crippen LogP contribution in [0.2, 0.25) is 0 Å². The molecule has 0 saturated heterocycles. The largest absolute Gasteiger partial charge is 0.326 e. The monoisotopic (exact) mass is 232 g/mol. The second-order valence-corrected chi connectivity index (χ2v) is 3.83. The van der Waals surface area contributed by atoms with E-state index in [4.69, 9.17) is 5.73 Å². The summed E-state index contributed by atoms with van der Waals surface area (Å²) in [5.74, 6) is -0.331. The van der Waals surface area contributed by atoms with Gasteiger partial charge in [0.1, 0.15) is 5.82 Å². The summed E-state index contributed by atoms with van der Waals surface area (Å²) >= 11 is 0. The lowest BCUT2D eigenvalue weighted by Crippen LogP contribution is -2.17. The highest BCUT2D eigenvalue weighted by Gasteiger charge is 2.07. The maximum Gasteiger partial charge on any atom is 0.186 e. The lowest BCUT2D eigenvalue weighted by atomic mass is 10.2. The molecule has 2 rings (SSSR count). The number of rotatable bonds is 2. The molecular formula is C13H13FN2O. The summed E-state index contributed by atoms with van der Waals surface area (Å²) in [4.78, 5) is 11.6. The predicted molar refractivity (Wildman–Crippen MR) is 64.6 cm³/mol. The zero-order chi connectivity index (χ0) is 12.4. The van der Waals surface area contributed by atoms with Gasteiger partial charge in [-0.2, -0.15) is 0 Å². The van der Waals surface area contributed by atoms with E-state index in [-0.39, 0.29) is 17.8 Å². The minimum Gasteiger partial charge on any atom is -0.326 e. The molecule has 0 aliphatic rings. The van der Waals surface area contributed by atoms with Gasteiger partial charge in [-0.1, -0.05) is 12.1 Å². The van der Waals surface area contributed by atoms with Crippen LogP contribution in [0.4, 0.5) is 4.39 Å². The van der Waals surface area contributed by atoms with E-state index in [0.717, 1.165) is 0 Å². The zero-order valence-corrected chi connectivity index (χ0v) is 9.48. The van der Waals surface area contributed by atoms with Crippen molar-refractivity contribution in [2.45, 2.75) is 13.5 Å². The minimum atomic E-state index is -0.331. The van der Waals surface area contributed by atoms with E-state index in [1.807, 2.05) is 0 Å². The van der Waals surface area contributed by atoms with Gasteiger partial charge in [-0.25, -0.2) is 4.39 Å². The second-order valence-electron chi connectivity index (χ2n) is 3.83. The Labute approximate surface area is 98.3 Å². The quantitative estimate of drug-likeness (QED) is 0.857. The summed E-state index contributed by atoms with van der Waals surface area (Å²) in [6, 6.07) is 7.88. The SMILES string of the molecule is Cc1cc(=O)c(CN)cn1-c1ccccc1F. The van der Waals surface area contributed by atoms with Crippen molar-refractivity contribution in [1.29, 1.82) is 0 Å². The number of nitrogens with zero attached hydrogens (tertiary/aromatic N) is 1. The van der Waals surface area contributed by atoms with Crippen LogP contribution in [-0.2, 0) is 6.54 Å². The van der Waals surface area contributed by atoms with E-state index in [1.54, 1.807) is 35.9 Å². The molecule has 0 fully saturated rings. The lowest BCUT2D eigenvalue weighted by molar-refractivity contribution is 0.616. The van der Waals surface area contributed by atoms with Crippen molar-refractivity contribution in [2.75, 3.05) is 0 Å². The third kappa shape index (κ3) is 2.12. The molecule has 0 spiro atoms. The highest BCUT2D eigenvalue weighted by molar-refractivity contribution is 5.36. The minimum absolute atomic E-state index is 0.113. The summed E-state index contributed by atoms with van der Waals surface area (Å²) in [5.41, 5.74) is 6.93. The van der Waals surface area contributed by atoms with Crippen molar-refractivity contribution in [2.24, 2.45) is 5.73 Å². The molecule has 0 saturated carbocycles. The number of halogens is 1. The van der Waals surface area contributed by atoms with E-state index in [1.165, 1.54) is 12.1 Å². The molecule has 2 N–H and O–H groups in total. The van der Waals surface area contributed by atoms with Crippen LogP contribution in [-0.4, -0.2) is 4.57 Å². The number of hydrogen-bond donors (Lipinski definition) is 1. The number of para-hydroxylation sites is 1. The van der Waals surface area contributed by atoms with Crippen LogP contribution < -0.4 is 11.2 Å².